The molecule has 2 nitrogen and oxygen atoms in total. The lowest BCUT2D eigenvalue weighted by Crippen LogP contribution is -2.29. The van der Waals surface area contributed by atoms with E-state index in [9.17, 15) is 4.79 Å². The topological polar surface area (TPSA) is 29.1 Å². The van der Waals surface area contributed by atoms with Gasteiger partial charge in [0.2, 0.25) is 0 Å². The van der Waals surface area contributed by atoms with Crippen molar-refractivity contribution < 1.29 is 4.79 Å². The number of thioether (sulfide) groups is 1. The summed E-state index contributed by atoms with van der Waals surface area (Å²) in [6.45, 7) is 6.59. The number of carbonyl (C=O) groups excluding carboxylic acids is 1. The molecule has 1 fully saturated rings. The van der Waals surface area contributed by atoms with E-state index in [1.165, 1.54) is 30.2 Å². The molecular formula is C16H23NOS. The van der Waals surface area contributed by atoms with Crippen molar-refractivity contribution in [1.29, 1.82) is 0 Å². The van der Waals surface area contributed by atoms with Crippen LogP contribution in [0.1, 0.15) is 52.0 Å². The van der Waals surface area contributed by atoms with Gasteiger partial charge >= 0.3 is 0 Å². The third-order valence-electron chi connectivity index (χ3n) is 3.61. The van der Waals surface area contributed by atoms with E-state index in [0.717, 1.165) is 17.7 Å². The summed E-state index contributed by atoms with van der Waals surface area (Å²) in [6, 6.07) is 8.71. The standard InChI is InChI=1S/C16H23NOS/c1-16(2,3)12-8-10-14(11-9-12)19-15(18)17-13-6-4-5-7-13/h8-11,13H,4-7H2,1-3H3,(H,17,18). The zero-order chi connectivity index (χ0) is 13.9. The fraction of sp³-hybridized carbons (Fsp3) is 0.562. The average Bonchev–Trinajstić information content (AvgIpc) is 2.81. The maximum Gasteiger partial charge on any atom is 0.284 e. The summed E-state index contributed by atoms with van der Waals surface area (Å²) in [4.78, 5) is 12.9. The molecule has 0 saturated heterocycles. The molecule has 1 aliphatic carbocycles. The van der Waals surface area contributed by atoms with Crippen molar-refractivity contribution in [3.8, 4) is 0 Å². The van der Waals surface area contributed by atoms with Crippen LogP contribution >= 0.6 is 11.8 Å². The average molecular weight is 277 g/mol. The molecule has 2 rings (SSSR count). The highest BCUT2D eigenvalue weighted by atomic mass is 32.2. The number of rotatable bonds is 2. The molecule has 0 aromatic heterocycles. The molecule has 1 N–H and O–H groups in total. The SMILES string of the molecule is CC(C)(C)c1ccc(SC(=O)NC2CCCC2)cc1. The molecule has 0 heterocycles. The second kappa shape index (κ2) is 6.00. The quantitative estimate of drug-likeness (QED) is 0.792. The van der Waals surface area contributed by atoms with E-state index in [-0.39, 0.29) is 10.7 Å². The fourth-order valence-electron chi connectivity index (χ4n) is 2.40. The molecular weight excluding hydrogens is 254 g/mol. The van der Waals surface area contributed by atoms with E-state index in [1.54, 1.807) is 0 Å². The number of amides is 1. The van der Waals surface area contributed by atoms with Gasteiger partial charge in [-0.2, -0.15) is 0 Å². The van der Waals surface area contributed by atoms with Gasteiger partial charge in [-0.25, -0.2) is 0 Å². The number of nitrogens with one attached hydrogen (secondary N) is 1. The molecule has 0 bridgehead atoms. The first-order chi connectivity index (χ1) is 8.95. The monoisotopic (exact) mass is 277 g/mol. The third kappa shape index (κ3) is 4.27. The van der Waals surface area contributed by atoms with Gasteiger partial charge in [0.15, 0.2) is 0 Å². The lowest BCUT2D eigenvalue weighted by molar-refractivity contribution is 0.257. The highest BCUT2D eigenvalue weighted by molar-refractivity contribution is 8.13. The van der Waals surface area contributed by atoms with Gasteiger partial charge in [0.25, 0.3) is 5.24 Å². The Balaban J connectivity index is 1.90. The van der Waals surface area contributed by atoms with Crippen LogP contribution in [0.3, 0.4) is 0 Å². The van der Waals surface area contributed by atoms with Gasteiger partial charge in [0.1, 0.15) is 0 Å². The first-order valence-corrected chi connectivity index (χ1v) is 7.86. The zero-order valence-electron chi connectivity index (χ0n) is 12.0. The van der Waals surface area contributed by atoms with Gasteiger partial charge in [-0.15, -0.1) is 0 Å². The van der Waals surface area contributed by atoms with E-state index in [0.29, 0.717) is 6.04 Å². The molecule has 19 heavy (non-hydrogen) atoms. The Morgan fingerprint density at radius 1 is 1.16 bits per heavy atom. The van der Waals surface area contributed by atoms with E-state index >= 15 is 0 Å². The van der Waals surface area contributed by atoms with E-state index in [4.69, 9.17) is 0 Å². The van der Waals surface area contributed by atoms with Crippen molar-refractivity contribution in [3.05, 3.63) is 29.8 Å². The maximum atomic E-state index is 11.9. The van der Waals surface area contributed by atoms with Gasteiger partial charge in [0, 0.05) is 10.9 Å². The molecule has 1 aliphatic rings. The van der Waals surface area contributed by atoms with Crippen LogP contribution in [0.15, 0.2) is 29.2 Å². The predicted molar refractivity (Wildman–Crippen MR) is 81.8 cm³/mol. The largest absolute Gasteiger partial charge is 0.344 e. The molecule has 0 atom stereocenters. The van der Waals surface area contributed by atoms with E-state index in [2.05, 4.69) is 38.2 Å². The molecule has 1 amide bonds. The van der Waals surface area contributed by atoms with Crippen LogP contribution in [-0.4, -0.2) is 11.3 Å². The first-order valence-electron chi connectivity index (χ1n) is 7.04. The molecule has 1 aromatic rings. The van der Waals surface area contributed by atoms with Gasteiger partial charge in [-0.1, -0.05) is 45.7 Å². The van der Waals surface area contributed by atoms with Crippen molar-refractivity contribution in [2.24, 2.45) is 0 Å². The Hall–Kier alpha value is -0.960. The zero-order valence-corrected chi connectivity index (χ0v) is 12.8. The molecule has 3 heteroatoms. The van der Waals surface area contributed by atoms with Crippen molar-refractivity contribution >= 4 is 17.0 Å². The van der Waals surface area contributed by atoms with Crippen LogP contribution in [0.25, 0.3) is 0 Å². The van der Waals surface area contributed by atoms with Crippen molar-refractivity contribution in [3.63, 3.8) is 0 Å². The Morgan fingerprint density at radius 3 is 2.26 bits per heavy atom. The predicted octanol–water partition coefficient (Wildman–Crippen LogP) is 4.73. The fourth-order valence-corrected chi connectivity index (χ4v) is 3.11. The minimum absolute atomic E-state index is 0.0791. The van der Waals surface area contributed by atoms with Crippen LogP contribution in [0.2, 0.25) is 0 Å². The molecule has 1 saturated carbocycles. The van der Waals surface area contributed by atoms with E-state index in [1.807, 2.05) is 12.1 Å². The summed E-state index contributed by atoms with van der Waals surface area (Å²) in [5, 5.41) is 3.18. The highest BCUT2D eigenvalue weighted by Gasteiger charge is 2.18. The molecule has 0 aliphatic heterocycles. The molecule has 104 valence electrons. The summed E-state index contributed by atoms with van der Waals surface area (Å²) >= 11 is 1.30. The Morgan fingerprint density at radius 2 is 1.74 bits per heavy atom. The molecule has 1 aromatic carbocycles. The highest BCUT2D eigenvalue weighted by Crippen LogP contribution is 2.26. The van der Waals surface area contributed by atoms with Crippen molar-refractivity contribution in [2.75, 3.05) is 0 Å². The Kier molecular flexibility index (Phi) is 4.56. The van der Waals surface area contributed by atoms with Crippen LogP contribution in [0, 0.1) is 0 Å². The lowest BCUT2D eigenvalue weighted by atomic mass is 9.87. The minimum Gasteiger partial charge on any atom is -0.344 e. The smallest absolute Gasteiger partial charge is 0.284 e. The maximum absolute atomic E-state index is 11.9. The second-order valence-corrected chi connectivity index (χ2v) is 7.34. The number of benzene rings is 1. The first kappa shape index (κ1) is 14.4. The summed E-state index contributed by atoms with van der Waals surface area (Å²) < 4.78 is 0. The summed E-state index contributed by atoms with van der Waals surface area (Å²) in [7, 11) is 0. The van der Waals surface area contributed by atoms with Gasteiger partial charge in [-0.05, 0) is 47.7 Å². The number of hydrogen-bond donors (Lipinski definition) is 1. The lowest BCUT2D eigenvalue weighted by Gasteiger charge is -2.19. The second-order valence-electron chi connectivity index (χ2n) is 6.29. The van der Waals surface area contributed by atoms with Crippen molar-refractivity contribution in [2.45, 2.75) is 62.8 Å². The van der Waals surface area contributed by atoms with E-state index < -0.39 is 0 Å². The summed E-state index contributed by atoms with van der Waals surface area (Å²) in [6.07, 6.45) is 4.76. The summed E-state index contributed by atoms with van der Waals surface area (Å²) in [5.74, 6) is 0. The number of hydrogen-bond acceptors (Lipinski definition) is 2. The Labute approximate surface area is 120 Å². The van der Waals surface area contributed by atoms with Crippen molar-refractivity contribution in [1.82, 2.24) is 5.32 Å². The van der Waals surface area contributed by atoms with Gasteiger partial charge in [-0.3, -0.25) is 4.79 Å². The molecule has 0 radical (unpaired) electrons. The number of carbonyl (C=O) groups is 1. The minimum atomic E-state index is 0.0791. The van der Waals surface area contributed by atoms with Crippen LogP contribution in [0.5, 0.6) is 0 Å². The summed E-state index contributed by atoms with van der Waals surface area (Å²) in [5.41, 5.74) is 1.46. The van der Waals surface area contributed by atoms with Crippen LogP contribution in [0.4, 0.5) is 4.79 Å². The van der Waals surface area contributed by atoms with Gasteiger partial charge in [0.05, 0.1) is 0 Å². The molecule has 0 unspecified atom stereocenters. The normalized spacial score (nSPS) is 16.6. The van der Waals surface area contributed by atoms with Gasteiger partial charge < -0.3 is 5.32 Å². The third-order valence-corrected chi connectivity index (χ3v) is 4.42. The van der Waals surface area contributed by atoms with Crippen LogP contribution in [-0.2, 0) is 5.41 Å². The molecule has 0 spiro atoms. The Bertz CT molecular complexity index is 427. The van der Waals surface area contributed by atoms with Crippen LogP contribution < -0.4 is 5.32 Å².